The van der Waals surface area contributed by atoms with Gasteiger partial charge >= 0.3 is 0 Å². The Hall–Kier alpha value is -0.870. The number of hydrogen-bond donors (Lipinski definition) is 1. The fourth-order valence-electron chi connectivity index (χ4n) is 1.99. The quantitative estimate of drug-likeness (QED) is 0.785. The second-order valence-corrected chi connectivity index (χ2v) is 5.46. The molecule has 0 fully saturated rings. The van der Waals surface area contributed by atoms with Gasteiger partial charge in [0.1, 0.15) is 5.82 Å². The van der Waals surface area contributed by atoms with Crippen molar-refractivity contribution in [3.05, 3.63) is 18.2 Å². The third-order valence-corrected chi connectivity index (χ3v) is 2.55. The molecule has 0 spiro atoms. The number of nitrogens with one attached hydrogen (secondary N) is 1. The van der Waals surface area contributed by atoms with E-state index in [1.165, 1.54) is 0 Å². The molecule has 0 aliphatic carbocycles. The van der Waals surface area contributed by atoms with Crippen LogP contribution in [0, 0.1) is 5.41 Å². The Kier molecular flexibility index (Phi) is 4.50. The lowest BCUT2D eigenvalue weighted by Gasteiger charge is -2.28. The maximum absolute atomic E-state index is 4.29. The zero-order valence-corrected chi connectivity index (χ0v) is 11.1. The second-order valence-electron chi connectivity index (χ2n) is 5.46. The van der Waals surface area contributed by atoms with Crippen molar-refractivity contribution in [1.82, 2.24) is 19.8 Å². The lowest BCUT2D eigenvalue weighted by atomic mass is 9.93. The molecular weight excluding hydrogens is 200 g/mol. The third kappa shape index (κ3) is 4.33. The molecular formula is C12H24N4. The molecule has 4 heteroatoms. The molecule has 0 atom stereocenters. The zero-order valence-electron chi connectivity index (χ0n) is 11.1. The first kappa shape index (κ1) is 13.2. The lowest BCUT2D eigenvalue weighted by molar-refractivity contribution is 0.231. The Morgan fingerprint density at radius 1 is 1.44 bits per heavy atom. The van der Waals surface area contributed by atoms with Crippen LogP contribution in [-0.2, 0) is 13.6 Å². The molecule has 16 heavy (non-hydrogen) atoms. The highest BCUT2D eigenvalue weighted by Crippen LogP contribution is 2.14. The zero-order chi connectivity index (χ0) is 12.2. The van der Waals surface area contributed by atoms with Crippen LogP contribution in [0.2, 0.25) is 0 Å². The topological polar surface area (TPSA) is 33.1 Å². The SMILES string of the molecule is CN(C)CC(C)(C)CNCc1nccn1C. The van der Waals surface area contributed by atoms with E-state index in [1.54, 1.807) is 0 Å². The summed E-state index contributed by atoms with van der Waals surface area (Å²) >= 11 is 0. The molecule has 1 aromatic rings. The molecule has 92 valence electrons. The summed E-state index contributed by atoms with van der Waals surface area (Å²) in [5, 5.41) is 3.46. The van der Waals surface area contributed by atoms with Crippen molar-refractivity contribution in [2.45, 2.75) is 20.4 Å². The number of rotatable bonds is 6. The first-order chi connectivity index (χ1) is 7.41. The van der Waals surface area contributed by atoms with E-state index >= 15 is 0 Å². The van der Waals surface area contributed by atoms with Crippen LogP contribution in [0.25, 0.3) is 0 Å². The van der Waals surface area contributed by atoms with Crippen LogP contribution in [0.5, 0.6) is 0 Å². The first-order valence-corrected chi connectivity index (χ1v) is 5.72. The summed E-state index contributed by atoms with van der Waals surface area (Å²) in [7, 11) is 6.25. The summed E-state index contributed by atoms with van der Waals surface area (Å²) in [4.78, 5) is 6.51. The molecule has 0 unspecified atom stereocenters. The van der Waals surface area contributed by atoms with Gasteiger partial charge in [-0.3, -0.25) is 0 Å². The third-order valence-electron chi connectivity index (χ3n) is 2.55. The van der Waals surface area contributed by atoms with Crippen molar-refractivity contribution >= 4 is 0 Å². The molecule has 1 heterocycles. The van der Waals surface area contributed by atoms with Crippen LogP contribution in [0.15, 0.2) is 12.4 Å². The van der Waals surface area contributed by atoms with Gasteiger partial charge in [-0.15, -0.1) is 0 Å². The fraction of sp³-hybridized carbons (Fsp3) is 0.750. The van der Waals surface area contributed by atoms with Gasteiger partial charge in [0.25, 0.3) is 0 Å². The van der Waals surface area contributed by atoms with Gasteiger partial charge in [-0.25, -0.2) is 4.98 Å². The average Bonchev–Trinajstić information content (AvgIpc) is 2.49. The van der Waals surface area contributed by atoms with Gasteiger partial charge in [-0.1, -0.05) is 13.8 Å². The van der Waals surface area contributed by atoms with Gasteiger partial charge in [-0.05, 0) is 19.5 Å². The summed E-state index contributed by atoms with van der Waals surface area (Å²) in [6.45, 7) is 7.47. The van der Waals surface area contributed by atoms with E-state index in [4.69, 9.17) is 0 Å². The Labute approximate surface area is 98.7 Å². The van der Waals surface area contributed by atoms with Gasteiger partial charge in [0, 0.05) is 32.5 Å². The van der Waals surface area contributed by atoms with Gasteiger partial charge in [-0.2, -0.15) is 0 Å². The summed E-state index contributed by atoms with van der Waals surface area (Å²) in [5.74, 6) is 1.08. The van der Waals surface area contributed by atoms with Gasteiger partial charge in [0.15, 0.2) is 0 Å². The van der Waals surface area contributed by atoms with Crippen LogP contribution < -0.4 is 5.32 Å². The second kappa shape index (κ2) is 5.46. The monoisotopic (exact) mass is 224 g/mol. The van der Waals surface area contributed by atoms with Crippen molar-refractivity contribution in [3.8, 4) is 0 Å². The molecule has 0 aliphatic heterocycles. The predicted octanol–water partition coefficient (Wildman–Crippen LogP) is 1.10. The van der Waals surface area contributed by atoms with Gasteiger partial charge in [0.2, 0.25) is 0 Å². The van der Waals surface area contributed by atoms with E-state index in [1.807, 2.05) is 24.0 Å². The minimum absolute atomic E-state index is 0.286. The number of nitrogens with zero attached hydrogens (tertiary/aromatic N) is 3. The largest absolute Gasteiger partial charge is 0.337 e. The Morgan fingerprint density at radius 3 is 2.62 bits per heavy atom. The van der Waals surface area contributed by atoms with Crippen LogP contribution in [-0.4, -0.2) is 41.6 Å². The van der Waals surface area contributed by atoms with Crippen molar-refractivity contribution < 1.29 is 0 Å². The van der Waals surface area contributed by atoms with E-state index in [2.05, 4.69) is 43.1 Å². The highest BCUT2D eigenvalue weighted by Gasteiger charge is 2.18. The molecule has 1 N–H and O–H groups in total. The minimum atomic E-state index is 0.286. The van der Waals surface area contributed by atoms with Crippen molar-refractivity contribution in [2.24, 2.45) is 12.5 Å². The Morgan fingerprint density at radius 2 is 2.12 bits per heavy atom. The van der Waals surface area contributed by atoms with E-state index in [0.29, 0.717) is 0 Å². The number of aromatic nitrogens is 2. The van der Waals surface area contributed by atoms with E-state index in [-0.39, 0.29) is 5.41 Å². The molecule has 0 radical (unpaired) electrons. The normalized spacial score (nSPS) is 12.4. The number of imidazole rings is 1. The molecule has 4 nitrogen and oxygen atoms in total. The summed E-state index contributed by atoms with van der Waals surface area (Å²) in [5.41, 5.74) is 0.286. The van der Waals surface area contributed by atoms with Crippen LogP contribution >= 0.6 is 0 Å². The Balaban J connectivity index is 2.32. The first-order valence-electron chi connectivity index (χ1n) is 5.72. The average molecular weight is 224 g/mol. The van der Waals surface area contributed by atoms with Crippen molar-refractivity contribution in [3.63, 3.8) is 0 Å². The molecule has 0 saturated carbocycles. The molecule has 0 aliphatic rings. The highest BCUT2D eigenvalue weighted by atomic mass is 15.1. The molecule has 1 aromatic heterocycles. The van der Waals surface area contributed by atoms with E-state index in [0.717, 1.165) is 25.5 Å². The molecule has 0 saturated heterocycles. The Bertz CT molecular complexity index is 315. The summed E-state index contributed by atoms with van der Waals surface area (Å²) in [6, 6.07) is 0. The minimum Gasteiger partial charge on any atom is -0.337 e. The highest BCUT2D eigenvalue weighted by molar-refractivity contribution is 4.90. The van der Waals surface area contributed by atoms with Gasteiger partial charge < -0.3 is 14.8 Å². The van der Waals surface area contributed by atoms with Gasteiger partial charge in [0.05, 0.1) is 6.54 Å². The number of hydrogen-bond acceptors (Lipinski definition) is 3. The molecule has 0 bridgehead atoms. The van der Waals surface area contributed by atoms with E-state index < -0.39 is 0 Å². The summed E-state index contributed by atoms with van der Waals surface area (Å²) in [6.07, 6.45) is 3.81. The fourth-order valence-corrected chi connectivity index (χ4v) is 1.99. The smallest absolute Gasteiger partial charge is 0.122 e. The maximum atomic E-state index is 4.29. The molecule has 0 aromatic carbocycles. The van der Waals surface area contributed by atoms with Crippen LogP contribution in [0.4, 0.5) is 0 Å². The predicted molar refractivity (Wildman–Crippen MR) is 67.2 cm³/mol. The van der Waals surface area contributed by atoms with Crippen molar-refractivity contribution in [1.29, 1.82) is 0 Å². The van der Waals surface area contributed by atoms with Crippen LogP contribution in [0.1, 0.15) is 19.7 Å². The lowest BCUT2D eigenvalue weighted by Crippen LogP contribution is -2.37. The standard InChI is InChI=1S/C12H24N4/c1-12(2,10-15(3)4)9-13-8-11-14-6-7-16(11)5/h6-7,13H,8-10H2,1-5H3. The molecule has 1 rings (SSSR count). The van der Waals surface area contributed by atoms with Crippen molar-refractivity contribution in [2.75, 3.05) is 27.2 Å². The maximum Gasteiger partial charge on any atom is 0.122 e. The number of aryl methyl sites for hydroxylation is 1. The summed E-state index contributed by atoms with van der Waals surface area (Å²) < 4.78 is 2.05. The molecule has 0 amide bonds. The van der Waals surface area contributed by atoms with Crippen LogP contribution in [0.3, 0.4) is 0 Å². The van der Waals surface area contributed by atoms with E-state index in [9.17, 15) is 0 Å².